The van der Waals surface area contributed by atoms with Crippen molar-refractivity contribution in [1.82, 2.24) is 9.88 Å². The Morgan fingerprint density at radius 3 is 2.39 bits per heavy atom. The number of nitrogens with one attached hydrogen (secondary N) is 1. The van der Waals surface area contributed by atoms with Gasteiger partial charge in [-0.1, -0.05) is 41.5 Å². The summed E-state index contributed by atoms with van der Waals surface area (Å²) >= 11 is 0. The summed E-state index contributed by atoms with van der Waals surface area (Å²) in [6, 6.07) is 12.1. The van der Waals surface area contributed by atoms with Crippen molar-refractivity contribution in [2.75, 3.05) is 18.4 Å². The number of aryl methyl sites for hydroxylation is 2. The van der Waals surface area contributed by atoms with Gasteiger partial charge in [-0.15, -0.1) is 0 Å². The predicted octanol–water partition coefficient (Wildman–Crippen LogP) is 4.12. The number of rotatable bonds is 5. The zero-order chi connectivity index (χ0) is 19.9. The minimum atomic E-state index is -0.157. The lowest BCUT2D eigenvalue weighted by atomic mass is 10.00. The third-order valence-corrected chi connectivity index (χ3v) is 4.97. The molecule has 2 aromatic rings. The molecule has 1 aromatic carbocycles. The summed E-state index contributed by atoms with van der Waals surface area (Å²) in [5, 5.41) is 2.78. The molecule has 0 aliphatic carbocycles. The van der Waals surface area contributed by atoms with E-state index in [1.165, 1.54) is 16.7 Å². The van der Waals surface area contributed by atoms with Crippen LogP contribution in [0.15, 0.2) is 48.2 Å². The van der Waals surface area contributed by atoms with Crippen molar-refractivity contribution in [3.05, 3.63) is 65.0 Å². The Morgan fingerprint density at radius 2 is 1.75 bits per heavy atom. The minimum Gasteiger partial charge on any atom is -0.342 e. The molecule has 0 unspecified atom stereocenters. The van der Waals surface area contributed by atoms with Crippen LogP contribution in [0.1, 0.15) is 42.5 Å². The lowest BCUT2D eigenvalue weighted by Gasteiger charge is -2.28. The minimum absolute atomic E-state index is 0.0477. The van der Waals surface area contributed by atoms with Gasteiger partial charge in [-0.05, 0) is 44.4 Å². The zero-order valence-electron chi connectivity index (χ0n) is 16.6. The van der Waals surface area contributed by atoms with Gasteiger partial charge in [0, 0.05) is 31.6 Å². The van der Waals surface area contributed by atoms with E-state index in [0.717, 1.165) is 31.6 Å². The average molecular weight is 377 g/mol. The van der Waals surface area contributed by atoms with Crippen molar-refractivity contribution in [2.24, 2.45) is 0 Å². The van der Waals surface area contributed by atoms with Crippen molar-refractivity contribution < 1.29 is 9.59 Å². The van der Waals surface area contributed by atoms with E-state index in [1.54, 1.807) is 6.20 Å². The standard InChI is InChI=1S/C23H27N3O2/c1-17-3-6-19(7-4-17)15-20-11-13-26(14-12-20)23(28)10-9-22(27)25-21-8-5-18(2)24-16-21/h3-8,15-16H,9-14H2,1-2H3,(H,25,27). The highest BCUT2D eigenvalue weighted by molar-refractivity contribution is 5.93. The van der Waals surface area contributed by atoms with Crippen molar-refractivity contribution in [2.45, 2.75) is 39.5 Å². The van der Waals surface area contributed by atoms with Crippen LogP contribution >= 0.6 is 0 Å². The Bertz CT molecular complexity index is 844. The summed E-state index contributed by atoms with van der Waals surface area (Å²) in [5.41, 5.74) is 5.39. The summed E-state index contributed by atoms with van der Waals surface area (Å²) in [7, 11) is 0. The molecule has 3 rings (SSSR count). The van der Waals surface area contributed by atoms with Crippen LogP contribution in [-0.2, 0) is 9.59 Å². The van der Waals surface area contributed by atoms with Gasteiger partial charge in [-0.3, -0.25) is 14.6 Å². The first-order valence-electron chi connectivity index (χ1n) is 9.76. The number of nitrogens with zero attached hydrogens (tertiary/aromatic N) is 2. The van der Waals surface area contributed by atoms with Crippen molar-refractivity contribution >= 4 is 23.6 Å². The van der Waals surface area contributed by atoms with Gasteiger partial charge in [0.15, 0.2) is 0 Å². The molecule has 1 aromatic heterocycles. The second-order valence-corrected chi connectivity index (χ2v) is 7.33. The quantitative estimate of drug-likeness (QED) is 0.852. The number of hydrogen-bond acceptors (Lipinski definition) is 3. The molecule has 1 aliphatic rings. The van der Waals surface area contributed by atoms with Gasteiger partial charge >= 0.3 is 0 Å². The highest BCUT2D eigenvalue weighted by Crippen LogP contribution is 2.20. The monoisotopic (exact) mass is 377 g/mol. The molecule has 0 bridgehead atoms. The van der Waals surface area contributed by atoms with E-state index in [9.17, 15) is 9.59 Å². The normalized spacial score (nSPS) is 13.9. The maximum absolute atomic E-state index is 12.4. The van der Waals surface area contributed by atoms with E-state index in [1.807, 2.05) is 24.0 Å². The molecule has 1 aliphatic heterocycles. The Balaban J connectivity index is 1.42. The van der Waals surface area contributed by atoms with E-state index in [-0.39, 0.29) is 24.7 Å². The number of piperidine rings is 1. The number of benzene rings is 1. The van der Waals surface area contributed by atoms with Crippen LogP contribution < -0.4 is 5.32 Å². The molecule has 0 atom stereocenters. The molecule has 1 N–H and O–H groups in total. The summed E-state index contributed by atoms with van der Waals surface area (Å²) in [4.78, 5) is 30.5. The van der Waals surface area contributed by atoms with E-state index in [0.29, 0.717) is 5.69 Å². The van der Waals surface area contributed by atoms with E-state index >= 15 is 0 Å². The molecule has 5 nitrogen and oxygen atoms in total. The first kappa shape index (κ1) is 19.8. The fourth-order valence-corrected chi connectivity index (χ4v) is 3.23. The molecule has 2 heterocycles. The highest BCUT2D eigenvalue weighted by atomic mass is 16.2. The Kier molecular flexibility index (Phi) is 6.58. The molecule has 146 valence electrons. The molecular weight excluding hydrogens is 350 g/mol. The molecule has 0 radical (unpaired) electrons. The number of aromatic nitrogens is 1. The molecule has 1 fully saturated rings. The summed E-state index contributed by atoms with van der Waals surface area (Å²) < 4.78 is 0. The van der Waals surface area contributed by atoms with Crippen LogP contribution in [0.25, 0.3) is 6.08 Å². The van der Waals surface area contributed by atoms with E-state index in [2.05, 4.69) is 47.6 Å². The number of carbonyl (C=O) groups is 2. The van der Waals surface area contributed by atoms with Gasteiger partial charge in [0.1, 0.15) is 0 Å². The van der Waals surface area contributed by atoms with E-state index in [4.69, 9.17) is 0 Å². The maximum atomic E-state index is 12.4. The first-order valence-corrected chi connectivity index (χ1v) is 9.76. The summed E-state index contributed by atoms with van der Waals surface area (Å²) in [5.74, 6) is -0.109. The second-order valence-electron chi connectivity index (χ2n) is 7.33. The number of anilines is 1. The van der Waals surface area contributed by atoms with Gasteiger partial charge in [0.25, 0.3) is 0 Å². The third-order valence-electron chi connectivity index (χ3n) is 4.97. The fraction of sp³-hybridized carbons (Fsp3) is 0.348. The Labute approximate surface area is 166 Å². The molecule has 1 saturated heterocycles. The summed E-state index contributed by atoms with van der Waals surface area (Å²) in [6.45, 7) is 5.42. The Hall–Kier alpha value is -2.95. The maximum Gasteiger partial charge on any atom is 0.224 e. The number of likely N-dealkylation sites (tertiary alicyclic amines) is 1. The van der Waals surface area contributed by atoms with Crippen LogP contribution in [-0.4, -0.2) is 34.8 Å². The highest BCUT2D eigenvalue weighted by Gasteiger charge is 2.19. The van der Waals surface area contributed by atoms with Crippen LogP contribution in [0, 0.1) is 13.8 Å². The average Bonchev–Trinajstić information content (AvgIpc) is 2.70. The molecule has 0 saturated carbocycles. The molecule has 5 heteroatoms. The lowest BCUT2D eigenvalue weighted by molar-refractivity contribution is -0.133. The fourth-order valence-electron chi connectivity index (χ4n) is 3.23. The van der Waals surface area contributed by atoms with Gasteiger partial charge in [-0.25, -0.2) is 0 Å². The van der Waals surface area contributed by atoms with Gasteiger partial charge < -0.3 is 10.2 Å². The molecule has 2 amide bonds. The lowest BCUT2D eigenvalue weighted by Crippen LogP contribution is -2.36. The number of hydrogen-bond donors (Lipinski definition) is 1. The van der Waals surface area contributed by atoms with Crippen molar-refractivity contribution in [3.63, 3.8) is 0 Å². The van der Waals surface area contributed by atoms with Gasteiger partial charge in [-0.2, -0.15) is 0 Å². The third kappa shape index (κ3) is 5.78. The van der Waals surface area contributed by atoms with Crippen molar-refractivity contribution in [3.8, 4) is 0 Å². The number of pyridine rings is 1. The van der Waals surface area contributed by atoms with Crippen LogP contribution in [0.4, 0.5) is 5.69 Å². The SMILES string of the molecule is Cc1ccc(C=C2CCN(C(=O)CCC(=O)Nc3ccc(C)nc3)CC2)cc1. The molecule has 0 spiro atoms. The van der Waals surface area contributed by atoms with Gasteiger partial charge in [0.2, 0.25) is 11.8 Å². The Morgan fingerprint density at radius 1 is 1.04 bits per heavy atom. The smallest absolute Gasteiger partial charge is 0.224 e. The largest absolute Gasteiger partial charge is 0.342 e. The topological polar surface area (TPSA) is 62.3 Å². The molecular formula is C23H27N3O2. The van der Waals surface area contributed by atoms with Crippen molar-refractivity contribution in [1.29, 1.82) is 0 Å². The van der Waals surface area contributed by atoms with Crippen LogP contribution in [0.5, 0.6) is 0 Å². The number of amides is 2. The zero-order valence-corrected chi connectivity index (χ0v) is 16.6. The van der Waals surface area contributed by atoms with Gasteiger partial charge in [0.05, 0.1) is 11.9 Å². The molecule has 28 heavy (non-hydrogen) atoms. The summed E-state index contributed by atoms with van der Waals surface area (Å²) in [6.07, 6.45) is 6.06. The second kappa shape index (κ2) is 9.31. The predicted molar refractivity (Wildman–Crippen MR) is 112 cm³/mol. The van der Waals surface area contributed by atoms with Crippen LogP contribution in [0.3, 0.4) is 0 Å². The first-order chi connectivity index (χ1) is 13.5. The van der Waals surface area contributed by atoms with Crippen LogP contribution in [0.2, 0.25) is 0 Å². The number of carbonyl (C=O) groups excluding carboxylic acids is 2. The van der Waals surface area contributed by atoms with E-state index < -0.39 is 0 Å².